The number of hydrogen-bond donors (Lipinski definition) is 1. The molecule has 0 atom stereocenters. The second-order valence-electron chi connectivity index (χ2n) is 6.84. The molecule has 0 fully saturated rings. The fraction of sp³-hybridized carbons (Fsp3) is 0.444. The molecular formula is C18H24N4O4S. The minimum absolute atomic E-state index is 0.0595. The average molecular weight is 392 g/mol. The Hall–Kier alpha value is -2.39. The number of primary amides is 1. The fourth-order valence-electron chi connectivity index (χ4n) is 2.12. The van der Waals surface area contributed by atoms with Gasteiger partial charge < -0.3 is 15.2 Å². The molecule has 1 heterocycles. The molecule has 2 aromatic rings. The van der Waals surface area contributed by atoms with Gasteiger partial charge in [-0.2, -0.15) is 4.98 Å². The molecule has 0 aliphatic rings. The predicted molar refractivity (Wildman–Crippen MR) is 100 cm³/mol. The van der Waals surface area contributed by atoms with Crippen LogP contribution in [0.3, 0.4) is 0 Å². The van der Waals surface area contributed by atoms with Gasteiger partial charge in [-0.3, -0.25) is 9.59 Å². The van der Waals surface area contributed by atoms with Gasteiger partial charge in [0.05, 0.1) is 6.61 Å². The summed E-state index contributed by atoms with van der Waals surface area (Å²) in [7, 11) is 0. The third kappa shape index (κ3) is 6.37. The lowest BCUT2D eigenvalue weighted by Crippen LogP contribution is -2.15. The number of nitrogens with zero attached hydrogens (tertiary/aromatic N) is 3. The summed E-state index contributed by atoms with van der Waals surface area (Å²) in [4.78, 5) is 27.3. The van der Waals surface area contributed by atoms with E-state index in [-0.39, 0.29) is 37.2 Å². The molecule has 1 aromatic heterocycles. The van der Waals surface area contributed by atoms with E-state index in [0.717, 1.165) is 4.90 Å². The highest BCUT2D eigenvalue weighted by molar-refractivity contribution is 7.99. The third-order valence-electron chi connectivity index (χ3n) is 3.53. The van der Waals surface area contributed by atoms with Crippen LogP contribution in [0.15, 0.2) is 34.3 Å². The summed E-state index contributed by atoms with van der Waals surface area (Å²) in [5, 5.41) is 4.56. The molecule has 0 aliphatic carbocycles. The number of aromatic nitrogens is 3. The van der Waals surface area contributed by atoms with Crippen LogP contribution >= 0.6 is 11.8 Å². The van der Waals surface area contributed by atoms with Crippen LogP contribution in [-0.4, -0.2) is 39.9 Å². The van der Waals surface area contributed by atoms with Crippen LogP contribution in [0.1, 0.15) is 43.9 Å². The summed E-state index contributed by atoms with van der Waals surface area (Å²) < 4.78 is 11.7. The number of carbonyl (C=O) groups excluding carboxylic acids is 2. The van der Waals surface area contributed by atoms with Crippen molar-refractivity contribution in [2.75, 3.05) is 13.2 Å². The fourth-order valence-corrected chi connectivity index (χ4v) is 2.93. The van der Waals surface area contributed by atoms with E-state index in [4.69, 9.17) is 15.2 Å². The first-order chi connectivity index (χ1) is 12.7. The molecule has 146 valence electrons. The van der Waals surface area contributed by atoms with E-state index in [9.17, 15) is 9.59 Å². The Balaban J connectivity index is 2.08. The molecule has 9 heteroatoms. The number of nitrogens with two attached hydrogens (primary N) is 1. The number of esters is 1. The van der Waals surface area contributed by atoms with Crippen molar-refractivity contribution < 1.29 is 19.1 Å². The molecule has 2 N–H and O–H groups in total. The van der Waals surface area contributed by atoms with Gasteiger partial charge in [0.25, 0.3) is 5.91 Å². The van der Waals surface area contributed by atoms with E-state index in [2.05, 4.69) is 43.0 Å². The lowest BCUT2D eigenvalue weighted by atomic mass is 9.87. The van der Waals surface area contributed by atoms with E-state index in [1.165, 1.54) is 28.9 Å². The van der Waals surface area contributed by atoms with E-state index >= 15 is 0 Å². The van der Waals surface area contributed by atoms with Crippen molar-refractivity contribution >= 4 is 23.6 Å². The number of benzene rings is 1. The monoisotopic (exact) mass is 392 g/mol. The highest BCUT2D eigenvalue weighted by Crippen LogP contribution is 2.29. The molecule has 0 aliphatic heterocycles. The van der Waals surface area contributed by atoms with Crippen molar-refractivity contribution in [3.63, 3.8) is 0 Å². The Morgan fingerprint density at radius 3 is 2.41 bits per heavy atom. The van der Waals surface area contributed by atoms with Gasteiger partial charge in [-0.1, -0.05) is 44.7 Å². The lowest BCUT2D eigenvalue weighted by Gasteiger charge is -2.19. The van der Waals surface area contributed by atoms with Crippen LogP contribution in [0.5, 0.6) is 0 Å². The normalized spacial score (nSPS) is 11.4. The number of ether oxygens (including phenoxy) is 2. The first-order valence-electron chi connectivity index (χ1n) is 8.41. The van der Waals surface area contributed by atoms with E-state index < -0.39 is 5.91 Å². The molecule has 27 heavy (non-hydrogen) atoms. The molecule has 0 spiro atoms. The molecule has 1 aromatic carbocycles. The van der Waals surface area contributed by atoms with Crippen LogP contribution in [-0.2, 0) is 26.4 Å². The molecule has 0 bridgehead atoms. The number of rotatable bonds is 8. The zero-order chi connectivity index (χ0) is 20.0. The van der Waals surface area contributed by atoms with E-state index in [1.54, 1.807) is 0 Å². The third-order valence-corrected chi connectivity index (χ3v) is 4.53. The van der Waals surface area contributed by atoms with Gasteiger partial charge in [-0.15, -0.1) is 5.10 Å². The molecule has 0 saturated heterocycles. The quantitative estimate of drug-likeness (QED) is 0.542. The SMILES string of the molecule is CC(=O)OCCOCn1nc(C(N)=O)nc1Sc1ccc(C(C)(C)C)cc1. The van der Waals surface area contributed by atoms with Gasteiger partial charge in [0.1, 0.15) is 13.3 Å². The first kappa shape index (κ1) is 20.9. The van der Waals surface area contributed by atoms with Crippen molar-refractivity contribution in [1.82, 2.24) is 14.8 Å². The van der Waals surface area contributed by atoms with Crippen molar-refractivity contribution in [2.24, 2.45) is 5.73 Å². The van der Waals surface area contributed by atoms with Gasteiger partial charge in [-0.25, -0.2) is 4.68 Å². The van der Waals surface area contributed by atoms with Crippen LogP contribution in [0.4, 0.5) is 0 Å². The van der Waals surface area contributed by atoms with Crippen molar-refractivity contribution in [2.45, 2.75) is 49.9 Å². The topological polar surface area (TPSA) is 109 Å². The number of hydrogen-bond acceptors (Lipinski definition) is 7. The van der Waals surface area contributed by atoms with Gasteiger partial charge in [0.15, 0.2) is 5.16 Å². The Bertz CT molecular complexity index is 797. The second kappa shape index (κ2) is 9.01. The molecule has 1 amide bonds. The zero-order valence-corrected chi connectivity index (χ0v) is 16.7. The van der Waals surface area contributed by atoms with Crippen LogP contribution in [0.2, 0.25) is 0 Å². The second-order valence-corrected chi connectivity index (χ2v) is 7.88. The predicted octanol–water partition coefficient (Wildman–Crippen LogP) is 2.36. The van der Waals surface area contributed by atoms with Gasteiger partial charge in [0, 0.05) is 11.8 Å². The zero-order valence-electron chi connectivity index (χ0n) is 15.9. The molecule has 8 nitrogen and oxygen atoms in total. The standard InChI is InChI=1S/C18H24N4O4S/c1-12(23)26-10-9-25-11-22-17(20-16(21-22)15(19)24)27-14-7-5-13(6-8-14)18(2,3)4/h5-8H,9-11H2,1-4H3,(H2,19,24). The number of carbonyl (C=O) groups is 2. The summed E-state index contributed by atoms with van der Waals surface area (Å²) in [6, 6.07) is 8.12. The van der Waals surface area contributed by atoms with Crippen molar-refractivity contribution in [3.05, 3.63) is 35.7 Å². The Morgan fingerprint density at radius 2 is 1.85 bits per heavy atom. The van der Waals surface area contributed by atoms with E-state index in [0.29, 0.717) is 5.16 Å². The highest BCUT2D eigenvalue weighted by atomic mass is 32.2. The molecule has 2 rings (SSSR count). The summed E-state index contributed by atoms with van der Waals surface area (Å²) in [6.07, 6.45) is 0. The maximum absolute atomic E-state index is 11.4. The smallest absolute Gasteiger partial charge is 0.302 e. The summed E-state index contributed by atoms with van der Waals surface area (Å²) >= 11 is 1.36. The van der Waals surface area contributed by atoms with Crippen molar-refractivity contribution in [1.29, 1.82) is 0 Å². The highest BCUT2D eigenvalue weighted by Gasteiger charge is 2.17. The van der Waals surface area contributed by atoms with Gasteiger partial charge >= 0.3 is 5.97 Å². The van der Waals surface area contributed by atoms with Gasteiger partial charge in [0.2, 0.25) is 5.82 Å². The largest absolute Gasteiger partial charge is 0.463 e. The Labute approximate surface area is 162 Å². The maximum atomic E-state index is 11.4. The van der Waals surface area contributed by atoms with Crippen LogP contribution in [0, 0.1) is 0 Å². The first-order valence-corrected chi connectivity index (χ1v) is 9.22. The summed E-state index contributed by atoms with van der Waals surface area (Å²) in [5.74, 6) is -1.16. The van der Waals surface area contributed by atoms with Crippen LogP contribution in [0.25, 0.3) is 0 Å². The maximum Gasteiger partial charge on any atom is 0.302 e. The lowest BCUT2D eigenvalue weighted by molar-refractivity contribution is -0.143. The molecule has 0 radical (unpaired) electrons. The minimum atomic E-state index is -0.710. The molecular weight excluding hydrogens is 368 g/mol. The Kier molecular flexibility index (Phi) is 6.98. The van der Waals surface area contributed by atoms with Crippen LogP contribution < -0.4 is 5.73 Å². The molecule has 0 saturated carbocycles. The summed E-state index contributed by atoms with van der Waals surface area (Å²) in [6.45, 7) is 8.19. The number of amides is 1. The Morgan fingerprint density at radius 1 is 1.19 bits per heavy atom. The molecule has 0 unspecified atom stereocenters. The summed E-state index contributed by atoms with van der Waals surface area (Å²) in [5.41, 5.74) is 6.57. The van der Waals surface area contributed by atoms with E-state index in [1.807, 2.05) is 12.1 Å². The van der Waals surface area contributed by atoms with Gasteiger partial charge in [-0.05, 0) is 23.1 Å². The van der Waals surface area contributed by atoms with Crippen molar-refractivity contribution in [3.8, 4) is 0 Å². The average Bonchev–Trinajstić information content (AvgIpc) is 2.97. The minimum Gasteiger partial charge on any atom is -0.463 e.